The number of alkyl halides is 6. The molecule has 2 heterocycles. The summed E-state index contributed by atoms with van der Waals surface area (Å²) in [5.41, 5.74) is -1.16. The Morgan fingerprint density at radius 3 is 2.20 bits per heavy atom. The van der Waals surface area contributed by atoms with E-state index in [2.05, 4.69) is 0 Å². The Bertz CT molecular complexity index is 1530. The molecule has 7 aliphatic rings. The number of carbonyl (C=O) groups is 3. The number of nitrogens with zero attached hydrogens (tertiary/aromatic N) is 1. The monoisotopic (exact) mass is 731 g/mol. The first-order valence-electron chi connectivity index (χ1n) is 16.7. The maximum Gasteiger partial charge on any atom is 0.405 e. The highest BCUT2D eigenvalue weighted by atomic mass is 32.2. The highest BCUT2D eigenvalue weighted by molar-refractivity contribution is 7.86. The molecule has 2 saturated heterocycles. The Hall–Kier alpha value is -2.18. The molecular weight excluding hydrogens is 692 g/mol. The third-order valence-electron chi connectivity index (χ3n) is 12.8. The van der Waals surface area contributed by atoms with Crippen molar-refractivity contribution in [2.75, 3.05) is 13.2 Å². The lowest BCUT2D eigenvalue weighted by Gasteiger charge is -2.59. The average molecular weight is 732 g/mol. The van der Waals surface area contributed by atoms with E-state index >= 15 is 0 Å². The molecular formula is C31H39F6NO10S. The van der Waals surface area contributed by atoms with Gasteiger partial charge in [0.1, 0.15) is 19.3 Å². The molecule has 0 aromatic carbocycles. The molecule has 5 bridgehead atoms. The number of rotatable bonds is 7. The predicted octanol–water partition coefficient (Wildman–Crippen LogP) is 4.04. The molecule has 18 heteroatoms. The van der Waals surface area contributed by atoms with Crippen LogP contribution in [0.25, 0.3) is 0 Å². The normalized spacial score (nSPS) is 42.0. The van der Waals surface area contributed by atoms with Gasteiger partial charge < -0.3 is 23.8 Å². The SMILES string of the molecule is CC(C)N1C(=O)C2C3CC(C(OC(=O)C45CCC6CC7(OCC(F)(F)C(F)(F)CO7)C(CC6C4)C5)C31)C2C(=O)OC(C)C(F)(F)S(=O)(=O)O. The molecule has 5 saturated carbocycles. The van der Waals surface area contributed by atoms with Gasteiger partial charge in [0.25, 0.3) is 0 Å². The Morgan fingerprint density at radius 1 is 0.980 bits per heavy atom. The Balaban J connectivity index is 1.15. The number of esters is 2. The van der Waals surface area contributed by atoms with E-state index < -0.39 is 123 Å². The van der Waals surface area contributed by atoms with Gasteiger partial charge in [-0.15, -0.1) is 0 Å². The summed E-state index contributed by atoms with van der Waals surface area (Å²) < 4.78 is 139. The molecule has 0 radical (unpaired) electrons. The number of likely N-dealkylation sites (tertiary alicyclic amines) is 1. The van der Waals surface area contributed by atoms with Crippen LogP contribution < -0.4 is 0 Å². The smallest absolute Gasteiger partial charge is 0.405 e. The van der Waals surface area contributed by atoms with Crippen LogP contribution in [-0.4, -0.2) is 96.1 Å². The molecule has 276 valence electrons. The molecule has 2 aliphatic heterocycles. The molecule has 7 fully saturated rings. The van der Waals surface area contributed by atoms with Gasteiger partial charge in [0.15, 0.2) is 11.9 Å². The number of halogens is 6. The van der Waals surface area contributed by atoms with E-state index in [-0.39, 0.29) is 31.1 Å². The van der Waals surface area contributed by atoms with Gasteiger partial charge in [0.2, 0.25) is 5.91 Å². The van der Waals surface area contributed by atoms with E-state index in [4.69, 9.17) is 23.5 Å². The lowest BCUT2D eigenvalue weighted by Crippen LogP contribution is -2.60. The zero-order chi connectivity index (χ0) is 35.9. The first-order valence-corrected chi connectivity index (χ1v) is 18.1. The van der Waals surface area contributed by atoms with Crippen LogP contribution in [0.3, 0.4) is 0 Å². The van der Waals surface area contributed by atoms with Gasteiger partial charge in [0.05, 0.1) is 23.3 Å². The molecule has 1 N–H and O–H groups in total. The average Bonchev–Trinajstić information content (AvgIpc) is 3.59. The fraction of sp³-hybridized carbons (Fsp3) is 0.903. The topological polar surface area (TPSA) is 146 Å². The molecule has 5 aliphatic carbocycles. The number of carbonyl (C=O) groups excluding carboxylic acids is 3. The summed E-state index contributed by atoms with van der Waals surface area (Å²) in [6.07, 6.45) is -1.60. The predicted molar refractivity (Wildman–Crippen MR) is 151 cm³/mol. The van der Waals surface area contributed by atoms with Crippen LogP contribution in [0.2, 0.25) is 0 Å². The summed E-state index contributed by atoms with van der Waals surface area (Å²) in [7, 11) is -5.95. The molecule has 0 aromatic rings. The Morgan fingerprint density at radius 2 is 1.61 bits per heavy atom. The van der Waals surface area contributed by atoms with E-state index in [9.17, 15) is 49.1 Å². The zero-order valence-corrected chi connectivity index (χ0v) is 27.8. The van der Waals surface area contributed by atoms with E-state index in [1.165, 1.54) is 4.90 Å². The van der Waals surface area contributed by atoms with Crippen molar-refractivity contribution >= 4 is 28.0 Å². The van der Waals surface area contributed by atoms with Crippen LogP contribution in [0, 0.1) is 46.8 Å². The fourth-order valence-corrected chi connectivity index (χ4v) is 11.0. The zero-order valence-electron chi connectivity index (χ0n) is 27.0. The summed E-state index contributed by atoms with van der Waals surface area (Å²) in [6, 6.07) is -1.03. The third kappa shape index (κ3) is 4.99. The molecule has 1 amide bonds. The molecule has 11 atom stereocenters. The standard InChI is InChI=1S/C31H39F6NO10S/c1-13(2)38-22-18-7-19(21(20(18)24(38)39)25(40)47-14(3)31(36,37)49(42,43)44)23(22)48-26(41)27-5-4-15-9-28(17(10-27)6-16(15)8-27)45-11-29(32,33)30(34,35)12-46-28/h13-23H,4-12H2,1-3H3,(H,42,43,44). The largest absolute Gasteiger partial charge is 0.459 e. The van der Waals surface area contributed by atoms with Crippen LogP contribution in [0.1, 0.15) is 65.7 Å². The number of ether oxygens (including phenoxy) is 4. The van der Waals surface area contributed by atoms with Crippen LogP contribution in [-0.2, 0) is 43.4 Å². The molecule has 1 spiro atoms. The molecule has 0 aromatic heterocycles. The van der Waals surface area contributed by atoms with Crippen molar-refractivity contribution in [3.8, 4) is 0 Å². The van der Waals surface area contributed by atoms with Crippen molar-refractivity contribution in [1.82, 2.24) is 4.90 Å². The lowest BCUT2D eigenvalue weighted by molar-refractivity contribution is -0.312. The minimum absolute atomic E-state index is 0.0551. The van der Waals surface area contributed by atoms with Crippen molar-refractivity contribution in [2.24, 2.45) is 46.8 Å². The van der Waals surface area contributed by atoms with Crippen LogP contribution >= 0.6 is 0 Å². The van der Waals surface area contributed by atoms with Crippen molar-refractivity contribution in [3.05, 3.63) is 0 Å². The second-order valence-electron chi connectivity index (χ2n) is 15.6. The third-order valence-corrected chi connectivity index (χ3v) is 13.8. The Labute approximate surface area is 278 Å². The van der Waals surface area contributed by atoms with E-state index in [1.807, 2.05) is 0 Å². The van der Waals surface area contributed by atoms with Crippen molar-refractivity contribution in [1.29, 1.82) is 0 Å². The van der Waals surface area contributed by atoms with Gasteiger partial charge in [0, 0.05) is 24.3 Å². The van der Waals surface area contributed by atoms with Crippen LogP contribution in [0.4, 0.5) is 26.3 Å². The molecule has 11 nitrogen and oxygen atoms in total. The Kier molecular flexibility index (Phi) is 7.85. The second-order valence-corrected chi connectivity index (χ2v) is 17.1. The summed E-state index contributed by atoms with van der Waals surface area (Å²) in [4.78, 5) is 43.0. The lowest BCUT2D eigenvalue weighted by atomic mass is 9.50. The fourth-order valence-electron chi connectivity index (χ4n) is 10.5. The molecule has 11 unspecified atom stereocenters. The summed E-state index contributed by atoms with van der Waals surface area (Å²) >= 11 is 0. The van der Waals surface area contributed by atoms with Crippen molar-refractivity contribution < 1.29 is 72.6 Å². The van der Waals surface area contributed by atoms with Gasteiger partial charge in [-0.1, -0.05) is 0 Å². The molecule has 49 heavy (non-hydrogen) atoms. The van der Waals surface area contributed by atoms with E-state index in [0.717, 1.165) is 0 Å². The van der Waals surface area contributed by atoms with Crippen molar-refractivity contribution in [2.45, 2.75) is 113 Å². The number of hydrogen-bond donors (Lipinski definition) is 1. The van der Waals surface area contributed by atoms with Crippen molar-refractivity contribution in [3.63, 3.8) is 0 Å². The van der Waals surface area contributed by atoms with Crippen LogP contribution in [0.15, 0.2) is 0 Å². The van der Waals surface area contributed by atoms with Gasteiger partial charge >= 0.3 is 39.2 Å². The second kappa shape index (κ2) is 10.9. The summed E-state index contributed by atoms with van der Waals surface area (Å²) in [6.45, 7) is 0.995. The minimum atomic E-state index is -5.95. The highest BCUT2D eigenvalue weighted by Gasteiger charge is 2.73. The minimum Gasteiger partial charge on any atom is -0.459 e. The number of fused-ring (bicyclic) bond motifs is 4. The van der Waals surface area contributed by atoms with Gasteiger partial charge in [-0.05, 0) is 77.0 Å². The molecule has 7 rings (SSSR count). The van der Waals surface area contributed by atoms with E-state index in [0.29, 0.717) is 32.6 Å². The quantitative estimate of drug-likeness (QED) is 0.231. The number of amides is 1. The van der Waals surface area contributed by atoms with Gasteiger partial charge in [-0.25, -0.2) is 0 Å². The first-order chi connectivity index (χ1) is 22.6. The van der Waals surface area contributed by atoms with Gasteiger partial charge in [-0.2, -0.15) is 34.8 Å². The maximum absolute atomic E-state index is 14.4. The summed E-state index contributed by atoms with van der Waals surface area (Å²) in [5, 5.41) is -4.83. The number of hydrogen-bond acceptors (Lipinski definition) is 9. The van der Waals surface area contributed by atoms with E-state index in [1.54, 1.807) is 13.8 Å². The van der Waals surface area contributed by atoms with Gasteiger partial charge in [-0.3, -0.25) is 18.9 Å². The first kappa shape index (κ1) is 35.2. The maximum atomic E-state index is 14.4. The highest BCUT2D eigenvalue weighted by Crippen LogP contribution is 2.65. The summed E-state index contributed by atoms with van der Waals surface area (Å²) in [5.74, 6) is -17.5. The van der Waals surface area contributed by atoms with Crippen LogP contribution in [0.5, 0.6) is 0 Å².